The van der Waals surface area contributed by atoms with E-state index in [1.54, 1.807) is 21.3 Å². The zero-order valence-corrected chi connectivity index (χ0v) is 18.5. The van der Waals surface area contributed by atoms with Crippen molar-refractivity contribution < 1.29 is 26.9 Å². The average Bonchev–Trinajstić information content (AvgIpc) is 2.76. The molecule has 8 heteroatoms. The number of fused-ring (bicyclic) bond motifs is 1. The lowest BCUT2D eigenvalue weighted by molar-refractivity contribution is 0.100. The van der Waals surface area contributed by atoms with Gasteiger partial charge in [-0.1, -0.05) is 36.4 Å². The molecule has 0 fully saturated rings. The molecule has 0 amide bonds. The SMILES string of the molecule is C=CC[Si]1(c2ccccc2)OCc2cc(OC[Si](OC)(OC)OC)ccc2O1. The van der Waals surface area contributed by atoms with Gasteiger partial charge in [0.1, 0.15) is 11.5 Å². The van der Waals surface area contributed by atoms with E-state index in [0.717, 1.165) is 16.5 Å². The molecule has 2 aromatic carbocycles. The van der Waals surface area contributed by atoms with E-state index in [1.807, 2.05) is 42.5 Å². The molecule has 1 aliphatic heterocycles. The van der Waals surface area contributed by atoms with Crippen molar-refractivity contribution in [2.45, 2.75) is 12.7 Å². The summed E-state index contributed by atoms with van der Waals surface area (Å²) in [6, 6.07) is 16.5. The molecular formula is C20H26O6Si2. The summed E-state index contributed by atoms with van der Waals surface area (Å²) in [5.41, 5.74) is 0.945. The molecule has 2 aromatic rings. The molecular weight excluding hydrogens is 392 g/mol. The van der Waals surface area contributed by atoms with Crippen LogP contribution in [0.2, 0.25) is 6.04 Å². The van der Waals surface area contributed by atoms with Crippen molar-refractivity contribution in [3.8, 4) is 11.5 Å². The first-order valence-corrected chi connectivity index (χ1v) is 13.0. The fourth-order valence-electron chi connectivity index (χ4n) is 3.10. The second-order valence-electron chi connectivity index (χ2n) is 6.36. The third-order valence-corrected chi connectivity index (χ3v) is 10.3. The predicted octanol–water partition coefficient (Wildman–Crippen LogP) is 2.93. The summed E-state index contributed by atoms with van der Waals surface area (Å²) < 4.78 is 34.8. The number of benzene rings is 2. The molecule has 0 saturated heterocycles. The van der Waals surface area contributed by atoms with E-state index >= 15 is 0 Å². The Hall–Kier alpha value is -1.95. The van der Waals surface area contributed by atoms with Crippen molar-refractivity contribution in [2.75, 3.05) is 27.6 Å². The molecule has 0 aliphatic carbocycles. The van der Waals surface area contributed by atoms with Gasteiger partial charge in [-0.2, -0.15) is 0 Å². The minimum atomic E-state index is -2.80. The quantitative estimate of drug-likeness (QED) is 0.461. The maximum Gasteiger partial charge on any atom is 0.539 e. The first-order valence-electron chi connectivity index (χ1n) is 9.01. The molecule has 0 radical (unpaired) electrons. The summed E-state index contributed by atoms with van der Waals surface area (Å²) in [4.78, 5) is 0. The van der Waals surface area contributed by atoms with Crippen molar-refractivity contribution in [1.29, 1.82) is 0 Å². The van der Waals surface area contributed by atoms with Crippen LogP contribution in [0.25, 0.3) is 0 Å². The first-order chi connectivity index (χ1) is 13.6. The van der Waals surface area contributed by atoms with E-state index in [4.69, 9.17) is 26.9 Å². The summed E-state index contributed by atoms with van der Waals surface area (Å²) in [5, 5.41) is 1.09. The Labute approximate surface area is 168 Å². The van der Waals surface area contributed by atoms with Gasteiger partial charge in [0, 0.05) is 38.1 Å². The summed E-state index contributed by atoms with van der Waals surface area (Å²) in [7, 11) is -0.728. The third-order valence-electron chi connectivity index (χ3n) is 4.74. The topological polar surface area (TPSA) is 55.4 Å². The van der Waals surface area contributed by atoms with Crippen LogP contribution in [0, 0.1) is 0 Å². The van der Waals surface area contributed by atoms with Crippen LogP contribution in [0.1, 0.15) is 5.56 Å². The zero-order chi connectivity index (χ0) is 20.0. The smallest absolute Gasteiger partial charge is 0.517 e. The normalized spacial score (nSPS) is 18.8. The van der Waals surface area contributed by atoms with Gasteiger partial charge < -0.3 is 26.9 Å². The maximum absolute atomic E-state index is 6.43. The molecule has 6 nitrogen and oxygen atoms in total. The molecule has 0 spiro atoms. The molecule has 1 atom stereocenters. The Kier molecular flexibility index (Phi) is 6.71. The number of rotatable bonds is 9. The number of hydrogen-bond donors (Lipinski definition) is 0. The molecule has 1 unspecified atom stereocenters. The van der Waals surface area contributed by atoms with E-state index in [0.29, 0.717) is 18.4 Å². The third kappa shape index (κ3) is 4.22. The summed E-state index contributed by atoms with van der Waals surface area (Å²) in [6.45, 7) is 4.35. The monoisotopic (exact) mass is 418 g/mol. The minimum Gasteiger partial charge on any atom is -0.517 e. The largest absolute Gasteiger partial charge is 0.539 e. The van der Waals surface area contributed by atoms with Crippen molar-refractivity contribution in [1.82, 2.24) is 0 Å². The lowest BCUT2D eigenvalue weighted by Crippen LogP contribution is -2.57. The van der Waals surface area contributed by atoms with E-state index in [9.17, 15) is 0 Å². The van der Waals surface area contributed by atoms with Crippen LogP contribution in [0.15, 0.2) is 61.2 Å². The maximum atomic E-state index is 6.43. The van der Waals surface area contributed by atoms with Crippen LogP contribution in [-0.2, 0) is 24.3 Å². The van der Waals surface area contributed by atoms with E-state index in [1.165, 1.54) is 0 Å². The second kappa shape index (κ2) is 9.04. The van der Waals surface area contributed by atoms with Gasteiger partial charge in [0.25, 0.3) is 0 Å². The molecule has 0 N–H and O–H groups in total. The van der Waals surface area contributed by atoms with Gasteiger partial charge in [-0.3, -0.25) is 0 Å². The van der Waals surface area contributed by atoms with Crippen molar-refractivity contribution in [2.24, 2.45) is 0 Å². The fourth-order valence-corrected chi connectivity index (χ4v) is 7.10. The van der Waals surface area contributed by atoms with Crippen LogP contribution in [0.4, 0.5) is 0 Å². The molecule has 1 aliphatic rings. The highest BCUT2D eigenvalue weighted by Gasteiger charge is 2.44. The Morgan fingerprint density at radius 1 is 1.07 bits per heavy atom. The van der Waals surface area contributed by atoms with Gasteiger partial charge in [0.15, 0.2) is 6.23 Å². The van der Waals surface area contributed by atoms with Crippen LogP contribution < -0.4 is 14.3 Å². The number of hydrogen-bond acceptors (Lipinski definition) is 6. The molecule has 3 rings (SSSR count). The first kappa shape index (κ1) is 20.8. The Balaban J connectivity index is 1.79. The molecule has 0 bridgehead atoms. The van der Waals surface area contributed by atoms with Gasteiger partial charge in [-0.05, 0) is 18.2 Å². The summed E-state index contributed by atoms with van der Waals surface area (Å²) in [6.07, 6.45) is 2.09. The lowest BCUT2D eigenvalue weighted by atomic mass is 10.2. The predicted molar refractivity (Wildman–Crippen MR) is 111 cm³/mol. The van der Waals surface area contributed by atoms with Crippen LogP contribution in [-0.4, -0.2) is 44.9 Å². The van der Waals surface area contributed by atoms with Crippen LogP contribution in [0.3, 0.4) is 0 Å². The molecule has 150 valence electrons. The highest BCUT2D eigenvalue weighted by molar-refractivity contribution is 6.82. The van der Waals surface area contributed by atoms with E-state index in [2.05, 4.69) is 18.7 Å². The lowest BCUT2D eigenvalue weighted by Gasteiger charge is -2.35. The highest BCUT2D eigenvalue weighted by Crippen LogP contribution is 2.34. The van der Waals surface area contributed by atoms with Gasteiger partial charge >= 0.3 is 17.4 Å². The van der Waals surface area contributed by atoms with Crippen molar-refractivity contribution in [3.63, 3.8) is 0 Å². The molecule has 0 saturated carbocycles. The van der Waals surface area contributed by atoms with Gasteiger partial charge in [0.05, 0.1) is 6.61 Å². The average molecular weight is 419 g/mol. The number of ether oxygens (including phenoxy) is 1. The minimum absolute atomic E-state index is 0.218. The van der Waals surface area contributed by atoms with Crippen LogP contribution in [0.5, 0.6) is 11.5 Å². The molecule has 0 aromatic heterocycles. The van der Waals surface area contributed by atoms with Crippen LogP contribution >= 0.6 is 0 Å². The Morgan fingerprint density at radius 2 is 1.79 bits per heavy atom. The van der Waals surface area contributed by atoms with Gasteiger partial charge in [-0.25, -0.2) is 0 Å². The van der Waals surface area contributed by atoms with Crippen molar-refractivity contribution in [3.05, 3.63) is 66.7 Å². The molecule has 1 heterocycles. The fraction of sp³-hybridized carbons (Fsp3) is 0.300. The van der Waals surface area contributed by atoms with E-state index < -0.39 is 17.4 Å². The Morgan fingerprint density at radius 3 is 2.43 bits per heavy atom. The zero-order valence-electron chi connectivity index (χ0n) is 16.5. The summed E-state index contributed by atoms with van der Waals surface area (Å²) in [5.74, 6) is 1.51. The van der Waals surface area contributed by atoms with Gasteiger partial charge in [0.2, 0.25) is 0 Å². The van der Waals surface area contributed by atoms with E-state index in [-0.39, 0.29) is 6.23 Å². The second-order valence-corrected chi connectivity index (χ2v) is 12.2. The Bertz CT molecular complexity index is 788. The number of allylic oxidation sites excluding steroid dienone is 1. The molecule has 28 heavy (non-hydrogen) atoms. The standard InChI is InChI=1S/C20H26O6Si2/c1-5-13-27(19-9-7-6-8-10-19)25-15-17-14-18(11-12-20(17)26-27)24-16-28(21-2,22-3)23-4/h5-12,14H,1,13,15-16H2,2-4H3. The van der Waals surface area contributed by atoms with Crippen molar-refractivity contribution >= 4 is 22.6 Å². The highest BCUT2D eigenvalue weighted by atomic mass is 28.4. The summed E-state index contributed by atoms with van der Waals surface area (Å²) >= 11 is 0. The van der Waals surface area contributed by atoms with Gasteiger partial charge in [-0.15, -0.1) is 6.58 Å².